The van der Waals surface area contributed by atoms with Crippen molar-refractivity contribution in [3.8, 4) is 39.8 Å². The molecule has 0 bridgehead atoms. The predicted molar refractivity (Wildman–Crippen MR) is 151 cm³/mol. The summed E-state index contributed by atoms with van der Waals surface area (Å²) in [6.45, 7) is 4.88. The number of H-pyrrole nitrogens is 1. The number of nitrogens with one attached hydrogen (secondary N) is 1. The number of ether oxygens (including phenoxy) is 2. The van der Waals surface area contributed by atoms with Crippen molar-refractivity contribution in [1.29, 1.82) is 0 Å². The van der Waals surface area contributed by atoms with E-state index in [1.807, 2.05) is 60.0 Å². The van der Waals surface area contributed by atoms with Gasteiger partial charge in [0, 0.05) is 18.5 Å². The van der Waals surface area contributed by atoms with Crippen molar-refractivity contribution in [2.24, 2.45) is 0 Å². The van der Waals surface area contributed by atoms with Gasteiger partial charge in [0.1, 0.15) is 11.5 Å². The van der Waals surface area contributed by atoms with Crippen molar-refractivity contribution >= 4 is 5.97 Å². The molecule has 0 spiro atoms. The van der Waals surface area contributed by atoms with Gasteiger partial charge in [-0.05, 0) is 30.0 Å². The lowest BCUT2D eigenvalue weighted by Crippen LogP contribution is -2.15. The molecule has 0 radical (unpaired) electrons. The molecule has 5 rings (SSSR count). The highest BCUT2D eigenvalue weighted by Gasteiger charge is 2.26. The Kier molecular flexibility index (Phi) is 8.33. The zero-order valence-electron chi connectivity index (χ0n) is 23.1. The third-order valence-electron chi connectivity index (χ3n) is 6.56. The first-order valence-corrected chi connectivity index (χ1v) is 13.4. The van der Waals surface area contributed by atoms with E-state index in [2.05, 4.69) is 27.0 Å². The number of rotatable bonds is 11. The number of benzene rings is 2. The summed E-state index contributed by atoms with van der Waals surface area (Å²) in [5.74, 6) is 0.853. The van der Waals surface area contributed by atoms with Crippen LogP contribution in [0.5, 0.6) is 5.75 Å². The SMILES string of the molecule is CCCCc1nc(-c2ncc(OCC)cn2)c(C(=O)OC)n1Cc1ccc(-c2ccccc2-c2noc(=O)[nH]2)cc1. The average Bonchev–Trinajstić information content (AvgIpc) is 3.60. The molecular weight excluding hydrogens is 524 g/mol. The van der Waals surface area contributed by atoms with E-state index in [1.165, 1.54) is 7.11 Å². The standard InChI is InChI=1S/C30H30N6O5/c1-4-6-11-24-33-25(28-31-16-21(17-32-28)40-5-2)26(29(37)39-3)36(24)18-19-12-14-20(15-13-19)22-9-7-8-10-23(22)27-34-30(38)41-35-27/h7-10,12-17H,4-6,11,18H2,1-3H3,(H,34,35,38). The second-order valence-electron chi connectivity index (χ2n) is 9.27. The Bertz CT molecular complexity index is 1690. The molecule has 3 heterocycles. The van der Waals surface area contributed by atoms with Crippen LogP contribution >= 0.6 is 0 Å². The first-order valence-electron chi connectivity index (χ1n) is 13.4. The van der Waals surface area contributed by atoms with Crippen LogP contribution in [-0.2, 0) is 17.7 Å². The number of methoxy groups -OCH3 is 1. The molecule has 1 N–H and O–H groups in total. The van der Waals surface area contributed by atoms with Gasteiger partial charge in [0.05, 0.1) is 26.1 Å². The van der Waals surface area contributed by atoms with Gasteiger partial charge >= 0.3 is 11.7 Å². The first-order chi connectivity index (χ1) is 20.0. The van der Waals surface area contributed by atoms with Crippen LogP contribution in [0, 0.1) is 0 Å². The zero-order valence-corrected chi connectivity index (χ0v) is 23.1. The molecular formula is C30H30N6O5. The summed E-state index contributed by atoms with van der Waals surface area (Å²) in [6, 6.07) is 15.6. The summed E-state index contributed by atoms with van der Waals surface area (Å²) < 4.78 is 17.2. The van der Waals surface area contributed by atoms with Crippen molar-refractivity contribution in [3.05, 3.63) is 88.6 Å². The van der Waals surface area contributed by atoms with Crippen LogP contribution in [0.25, 0.3) is 34.0 Å². The minimum Gasteiger partial charge on any atom is -0.491 e. The molecule has 5 aromatic rings. The van der Waals surface area contributed by atoms with Crippen molar-refractivity contribution in [2.45, 2.75) is 39.7 Å². The van der Waals surface area contributed by atoms with E-state index in [-0.39, 0.29) is 0 Å². The Labute approximate surface area is 236 Å². The van der Waals surface area contributed by atoms with Crippen LogP contribution in [0.15, 0.2) is 70.2 Å². The number of imidazole rings is 1. The van der Waals surface area contributed by atoms with Crippen molar-refractivity contribution in [3.63, 3.8) is 0 Å². The monoisotopic (exact) mass is 554 g/mol. The summed E-state index contributed by atoms with van der Waals surface area (Å²) >= 11 is 0. The Morgan fingerprint density at radius 3 is 2.39 bits per heavy atom. The minimum atomic E-state index is -0.610. The molecule has 0 atom stereocenters. The van der Waals surface area contributed by atoms with Crippen LogP contribution in [0.2, 0.25) is 0 Å². The van der Waals surface area contributed by atoms with Crippen LogP contribution in [-0.4, -0.2) is 49.3 Å². The van der Waals surface area contributed by atoms with Crippen molar-refractivity contribution < 1.29 is 18.8 Å². The highest BCUT2D eigenvalue weighted by Crippen LogP contribution is 2.31. The number of hydrogen-bond acceptors (Lipinski definition) is 9. The number of esters is 1. The van der Waals surface area contributed by atoms with Gasteiger partial charge < -0.3 is 14.0 Å². The largest absolute Gasteiger partial charge is 0.491 e. The Morgan fingerprint density at radius 1 is 1.02 bits per heavy atom. The third kappa shape index (κ3) is 5.93. The molecule has 0 aliphatic carbocycles. The van der Waals surface area contributed by atoms with Gasteiger partial charge in [-0.2, -0.15) is 0 Å². The van der Waals surface area contributed by atoms with E-state index in [4.69, 9.17) is 19.0 Å². The maximum Gasteiger partial charge on any atom is 0.439 e. The van der Waals surface area contributed by atoms with Crippen LogP contribution in [0.4, 0.5) is 0 Å². The molecule has 0 unspecified atom stereocenters. The smallest absolute Gasteiger partial charge is 0.439 e. The first kappa shape index (κ1) is 27.5. The molecule has 11 nitrogen and oxygen atoms in total. The molecule has 0 aliphatic rings. The molecule has 11 heteroatoms. The average molecular weight is 555 g/mol. The van der Waals surface area contributed by atoms with Crippen LogP contribution < -0.4 is 10.5 Å². The molecule has 210 valence electrons. The fourth-order valence-electron chi connectivity index (χ4n) is 4.59. The van der Waals surface area contributed by atoms with E-state index in [0.717, 1.165) is 40.9 Å². The highest BCUT2D eigenvalue weighted by atomic mass is 16.5. The Morgan fingerprint density at radius 2 is 1.76 bits per heavy atom. The molecule has 0 saturated carbocycles. The lowest BCUT2D eigenvalue weighted by Gasteiger charge is -2.13. The number of aromatic nitrogens is 6. The number of nitrogens with zero attached hydrogens (tertiary/aromatic N) is 5. The lowest BCUT2D eigenvalue weighted by atomic mass is 9.98. The Balaban J connectivity index is 1.51. The molecule has 0 saturated heterocycles. The Hall–Kier alpha value is -5.06. The van der Waals surface area contributed by atoms with Gasteiger partial charge in [0.25, 0.3) is 0 Å². The summed E-state index contributed by atoms with van der Waals surface area (Å²) in [5, 5.41) is 3.84. The quantitative estimate of drug-likeness (QED) is 0.225. The fourth-order valence-corrected chi connectivity index (χ4v) is 4.59. The predicted octanol–water partition coefficient (Wildman–Crippen LogP) is 4.93. The molecule has 0 aliphatic heterocycles. The minimum absolute atomic E-state index is 0.298. The van der Waals surface area contributed by atoms with E-state index in [0.29, 0.717) is 48.4 Å². The third-order valence-corrected chi connectivity index (χ3v) is 6.56. The van der Waals surface area contributed by atoms with Gasteiger partial charge in [-0.1, -0.05) is 67.0 Å². The highest BCUT2D eigenvalue weighted by molar-refractivity contribution is 5.94. The topological polar surface area (TPSA) is 138 Å². The second-order valence-corrected chi connectivity index (χ2v) is 9.27. The number of hydrogen-bond donors (Lipinski definition) is 1. The summed E-state index contributed by atoms with van der Waals surface area (Å²) in [5.41, 5.74) is 4.20. The summed E-state index contributed by atoms with van der Waals surface area (Å²) in [6.07, 6.45) is 5.70. The maximum atomic E-state index is 13.1. The number of aromatic amines is 1. The van der Waals surface area contributed by atoms with Gasteiger partial charge in [0.2, 0.25) is 0 Å². The van der Waals surface area contributed by atoms with Gasteiger partial charge in [-0.25, -0.2) is 24.5 Å². The molecule has 41 heavy (non-hydrogen) atoms. The normalized spacial score (nSPS) is 11.0. The molecule has 3 aromatic heterocycles. The van der Waals surface area contributed by atoms with Crippen molar-refractivity contribution in [2.75, 3.05) is 13.7 Å². The van der Waals surface area contributed by atoms with E-state index in [1.54, 1.807) is 12.4 Å². The number of aryl methyl sites for hydroxylation is 1. The van der Waals surface area contributed by atoms with E-state index in [9.17, 15) is 9.59 Å². The second kappa shape index (κ2) is 12.4. The van der Waals surface area contributed by atoms with Crippen LogP contribution in [0.1, 0.15) is 48.6 Å². The molecule has 2 aromatic carbocycles. The molecule has 0 fully saturated rings. The maximum absolute atomic E-state index is 13.1. The van der Waals surface area contributed by atoms with Crippen LogP contribution in [0.3, 0.4) is 0 Å². The van der Waals surface area contributed by atoms with Gasteiger partial charge in [0.15, 0.2) is 23.1 Å². The zero-order chi connectivity index (χ0) is 28.8. The number of carbonyl (C=O) groups excluding carboxylic acids is 1. The van der Waals surface area contributed by atoms with Gasteiger partial charge in [-0.15, -0.1) is 0 Å². The lowest BCUT2D eigenvalue weighted by molar-refractivity contribution is 0.0589. The number of unbranched alkanes of at least 4 members (excludes halogenated alkanes) is 1. The van der Waals surface area contributed by atoms with E-state index < -0.39 is 11.7 Å². The van der Waals surface area contributed by atoms with E-state index >= 15 is 0 Å². The molecule has 0 amide bonds. The van der Waals surface area contributed by atoms with Crippen molar-refractivity contribution in [1.82, 2.24) is 29.7 Å². The summed E-state index contributed by atoms with van der Waals surface area (Å²) in [7, 11) is 1.35. The number of carbonyl (C=O) groups is 1. The summed E-state index contributed by atoms with van der Waals surface area (Å²) in [4.78, 5) is 40.9. The fraction of sp³-hybridized carbons (Fsp3) is 0.267. The van der Waals surface area contributed by atoms with Gasteiger partial charge in [-0.3, -0.25) is 9.51 Å².